The summed E-state index contributed by atoms with van der Waals surface area (Å²) in [5.74, 6) is 0. The number of hydrogen-bond donors (Lipinski definition) is 0. The molecule has 0 spiro atoms. The number of hydrogen-bond acceptors (Lipinski definition) is 0. The summed E-state index contributed by atoms with van der Waals surface area (Å²) in [5, 5.41) is 0. The molecule has 0 bridgehead atoms. The van der Waals surface area contributed by atoms with Gasteiger partial charge in [-0.05, 0) is 24.5 Å². The highest BCUT2D eigenvalue weighted by atomic mass is 79.9. The van der Waals surface area contributed by atoms with Crippen LogP contribution in [0.1, 0.15) is 37.8 Å². The first-order valence-corrected chi connectivity index (χ1v) is 6.27. The van der Waals surface area contributed by atoms with Crippen molar-refractivity contribution in [1.82, 2.24) is 0 Å². The molecule has 0 aliphatic heterocycles. The highest BCUT2D eigenvalue weighted by molar-refractivity contribution is 5.43. The predicted octanol–water partition coefficient (Wildman–Crippen LogP) is 0.334. The Kier molecular flexibility index (Phi) is 5.63. The molecule has 0 saturated heterocycles. The summed E-state index contributed by atoms with van der Waals surface area (Å²) in [6.07, 6.45) is 9.25. The van der Waals surface area contributed by atoms with Gasteiger partial charge < -0.3 is 17.0 Å². The monoisotopic (exact) mass is 293 g/mol. The highest BCUT2D eigenvalue weighted by Gasteiger charge is 2.09. The average Bonchev–Trinajstić information content (AvgIpc) is 2.30. The molecule has 0 fully saturated rings. The Morgan fingerprint density at radius 2 is 1.71 bits per heavy atom. The number of halogens is 1. The van der Waals surface area contributed by atoms with Crippen LogP contribution in [0.3, 0.4) is 0 Å². The molecule has 2 aromatic heterocycles. The summed E-state index contributed by atoms with van der Waals surface area (Å²) < 4.78 is 2.23. The Morgan fingerprint density at radius 1 is 1.00 bits per heavy atom. The SMILES string of the molecule is CCCc1cc2cccc[n+]2cc1CCC.[Br-]. The number of nitrogens with zero attached hydrogens (tertiary/aromatic N) is 1. The average molecular weight is 294 g/mol. The molecular weight excluding hydrogens is 274 g/mol. The van der Waals surface area contributed by atoms with Crippen molar-refractivity contribution in [1.29, 1.82) is 0 Å². The van der Waals surface area contributed by atoms with Gasteiger partial charge in [-0.15, -0.1) is 0 Å². The van der Waals surface area contributed by atoms with Gasteiger partial charge in [-0.1, -0.05) is 26.7 Å². The Balaban J connectivity index is 0.00000144. The predicted molar refractivity (Wildman–Crippen MR) is 67.6 cm³/mol. The molecule has 17 heavy (non-hydrogen) atoms. The fourth-order valence-electron chi connectivity index (χ4n) is 2.23. The molecule has 0 atom stereocenters. The molecule has 0 amide bonds. The maximum Gasteiger partial charge on any atom is 0.210 e. The summed E-state index contributed by atoms with van der Waals surface area (Å²) in [6.45, 7) is 4.49. The van der Waals surface area contributed by atoms with E-state index in [9.17, 15) is 0 Å². The summed E-state index contributed by atoms with van der Waals surface area (Å²) in [4.78, 5) is 0. The molecule has 0 saturated carbocycles. The van der Waals surface area contributed by atoms with Crippen molar-refractivity contribution in [3.05, 3.63) is 47.8 Å². The van der Waals surface area contributed by atoms with Crippen LogP contribution in [0.15, 0.2) is 36.7 Å². The second-order valence-electron chi connectivity index (χ2n) is 4.36. The fourth-order valence-corrected chi connectivity index (χ4v) is 2.23. The molecule has 0 unspecified atom stereocenters. The summed E-state index contributed by atoms with van der Waals surface area (Å²) in [5.41, 5.74) is 4.33. The topological polar surface area (TPSA) is 4.10 Å². The lowest BCUT2D eigenvalue weighted by molar-refractivity contribution is -0.512. The van der Waals surface area contributed by atoms with E-state index in [4.69, 9.17) is 0 Å². The van der Waals surface area contributed by atoms with Crippen LogP contribution in [0.5, 0.6) is 0 Å². The number of pyridine rings is 2. The van der Waals surface area contributed by atoms with E-state index in [1.165, 1.54) is 42.3 Å². The van der Waals surface area contributed by atoms with E-state index in [2.05, 4.69) is 54.9 Å². The molecule has 0 radical (unpaired) electrons. The van der Waals surface area contributed by atoms with Gasteiger partial charge in [0.05, 0.1) is 0 Å². The molecule has 0 aliphatic carbocycles. The van der Waals surface area contributed by atoms with Gasteiger partial charge in [0.15, 0.2) is 12.4 Å². The Hall–Kier alpha value is -0.890. The molecular formula is C15H20BrN. The lowest BCUT2D eigenvalue weighted by atomic mass is 10.0. The third-order valence-corrected chi connectivity index (χ3v) is 2.99. The van der Waals surface area contributed by atoms with Crippen molar-refractivity contribution < 1.29 is 21.4 Å². The van der Waals surface area contributed by atoms with Gasteiger partial charge in [-0.3, -0.25) is 0 Å². The van der Waals surface area contributed by atoms with Gasteiger partial charge in [0.25, 0.3) is 0 Å². The largest absolute Gasteiger partial charge is 1.00 e. The molecule has 0 aromatic carbocycles. The van der Waals surface area contributed by atoms with Crippen LogP contribution in [0.25, 0.3) is 5.52 Å². The zero-order valence-corrected chi connectivity index (χ0v) is 12.2. The zero-order valence-electron chi connectivity index (χ0n) is 10.6. The van der Waals surface area contributed by atoms with Gasteiger partial charge >= 0.3 is 0 Å². The van der Waals surface area contributed by atoms with Crippen molar-refractivity contribution in [3.63, 3.8) is 0 Å². The quantitative estimate of drug-likeness (QED) is 0.716. The summed E-state index contributed by atoms with van der Waals surface area (Å²) in [7, 11) is 0. The Labute approximate surface area is 114 Å². The minimum absolute atomic E-state index is 0. The van der Waals surface area contributed by atoms with Gasteiger partial charge in [-0.25, -0.2) is 0 Å². The third-order valence-electron chi connectivity index (χ3n) is 2.99. The molecule has 2 heteroatoms. The Morgan fingerprint density at radius 3 is 2.41 bits per heavy atom. The molecule has 92 valence electrons. The van der Waals surface area contributed by atoms with Crippen LogP contribution in [0.4, 0.5) is 0 Å². The first-order valence-electron chi connectivity index (χ1n) is 6.27. The number of rotatable bonds is 4. The highest BCUT2D eigenvalue weighted by Crippen LogP contribution is 2.13. The maximum atomic E-state index is 2.34. The van der Waals surface area contributed by atoms with E-state index in [1.54, 1.807) is 0 Å². The zero-order chi connectivity index (χ0) is 11.4. The van der Waals surface area contributed by atoms with Crippen molar-refractivity contribution in [2.75, 3.05) is 0 Å². The van der Waals surface area contributed by atoms with E-state index >= 15 is 0 Å². The lowest BCUT2D eigenvalue weighted by Gasteiger charge is -2.05. The lowest BCUT2D eigenvalue weighted by Crippen LogP contribution is -3.00. The molecule has 2 rings (SSSR count). The molecule has 0 aliphatic rings. The van der Waals surface area contributed by atoms with Crippen LogP contribution in [0, 0.1) is 0 Å². The number of aryl methyl sites for hydroxylation is 2. The van der Waals surface area contributed by atoms with E-state index in [0.717, 1.165) is 0 Å². The molecule has 2 aromatic rings. The van der Waals surface area contributed by atoms with Crippen LogP contribution in [-0.2, 0) is 12.8 Å². The van der Waals surface area contributed by atoms with Crippen LogP contribution >= 0.6 is 0 Å². The molecule has 1 nitrogen and oxygen atoms in total. The van der Waals surface area contributed by atoms with E-state index in [-0.39, 0.29) is 17.0 Å². The number of aromatic nitrogens is 1. The maximum absolute atomic E-state index is 2.34. The standard InChI is InChI=1S/C15H20N.BrH/c1-3-7-13-11-15-9-5-6-10-16(15)12-14(13)8-4-2;/h5-6,9-12H,3-4,7-8H2,1-2H3;1H/q+1;/p-1. The van der Waals surface area contributed by atoms with E-state index < -0.39 is 0 Å². The van der Waals surface area contributed by atoms with Gasteiger partial charge in [0.1, 0.15) is 0 Å². The van der Waals surface area contributed by atoms with Crippen molar-refractivity contribution in [3.8, 4) is 0 Å². The second kappa shape index (κ2) is 6.75. The van der Waals surface area contributed by atoms with Crippen LogP contribution in [-0.4, -0.2) is 0 Å². The minimum atomic E-state index is 0. The van der Waals surface area contributed by atoms with Gasteiger partial charge in [-0.2, -0.15) is 4.40 Å². The van der Waals surface area contributed by atoms with Crippen LogP contribution in [0.2, 0.25) is 0 Å². The smallest absolute Gasteiger partial charge is 0.210 e. The minimum Gasteiger partial charge on any atom is -1.00 e. The molecule has 0 N–H and O–H groups in total. The van der Waals surface area contributed by atoms with E-state index in [0.29, 0.717) is 0 Å². The summed E-state index contributed by atoms with van der Waals surface area (Å²) >= 11 is 0. The fraction of sp³-hybridized carbons (Fsp3) is 0.400. The van der Waals surface area contributed by atoms with Crippen molar-refractivity contribution in [2.45, 2.75) is 39.5 Å². The first kappa shape index (κ1) is 14.2. The van der Waals surface area contributed by atoms with Gasteiger partial charge in [0, 0.05) is 23.8 Å². The van der Waals surface area contributed by atoms with Gasteiger partial charge in [0.2, 0.25) is 5.52 Å². The Bertz CT molecular complexity index is 435. The number of fused-ring (bicyclic) bond motifs is 1. The summed E-state index contributed by atoms with van der Waals surface area (Å²) in [6, 6.07) is 8.70. The van der Waals surface area contributed by atoms with Crippen LogP contribution < -0.4 is 21.4 Å². The van der Waals surface area contributed by atoms with Crippen molar-refractivity contribution >= 4 is 5.52 Å². The normalized spacial score (nSPS) is 10.2. The molecule has 2 heterocycles. The second-order valence-corrected chi connectivity index (χ2v) is 4.36. The first-order chi connectivity index (χ1) is 7.85. The van der Waals surface area contributed by atoms with Crippen molar-refractivity contribution in [2.24, 2.45) is 0 Å². The third kappa shape index (κ3) is 3.29. The van der Waals surface area contributed by atoms with E-state index in [1.807, 2.05) is 0 Å².